The Bertz CT molecular complexity index is 165. The van der Waals surface area contributed by atoms with Crippen LogP contribution in [0.2, 0.25) is 0 Å². The molecule has 0 aromatic rings. The summed E-state index contributed by atoms with van der Waals surface area (Å²) < 4.78 is 0. The van der Waals surface area contributed by atoms with Crippen LogP contribution in [-0.4, -0.2) is 35.7 Å². The normalized spacial score (nSPS) is 24.0. The molecular weight excluding hydrogens is 186 g/mol. The predicted molar refractivity (Wildman–Crippen MR) is 65.0 cm³/mol. The average molecular weight is 213 g/mol. The van der Waals surface area contributed by atoms with Gasteiger partial charge in [-0.05, 0) is 44.7 Å². The molecule has 90 valence electrons. The topological polar surface area (TPSA) is 23.5 Å². The van der Waals surface area contributed by atoms with Crippen LogP contribution in [-0.2, 0) is 0 Å². The summed E-state index contributed by atoms with van der Waals surface area (Å²) in [6, 6.07) is 0. The Morgan fingerprint density at radius 2 is 1.73 bits per heavy atom. The molecule has 0 aromatic carbocycles. The number of likely N-dealkylation sites (tertiary alicyclic amines) is 1. The van der Waals surface area contributed by atoms with Gasteiger partial charge in [0, 0.05) is 6.54 Å². The highest BCUT2D eigenvalue weighted by atomic mass is 16.3. The lowest BCUT2D eigenvalue weighted by Crippen LogP contribution is -2.40. The van der Waals surface area contributed by atoms with Gasteiger partial charge in [0.1, 0.15) is 0 Å². The number of nitrogens with zero attached hydrogens (tertiary/aromatic N) is 1. The standard InChI is InChI=1S/C13H27NO/c1-4-13(5-2)7-10-14(11-8-13)9-6-12(3)15/h12,15H,4-11H2,1-3H3. The van der Waals surface area contributed by atoms with Gasteiger partial charge in [0.2, 0.25) is 0 Å². The van der Waals surface area contributed by atoms with Crippen molar-refractivity contribution in [2.45, 2.75) is 59.0 Å². The minimum atomic E-state index is -0.144. The molecule has 1 rings (SSSR count). The summed E-state index contributed by atoms with van der Waals surface area (Å²) in [6.07, 6.45) is 6.13. The molecule has 1 atom stereocenters. The highest BCUT2D eigenvalue weighted by molar-refractivity contribution is 4.83. The minimum Gasteiger partial charge on any atom is -0.393 e. The highest BCUT2D eigenvalue weighted by Crippen LogP contribution is 2.37. The molecule has 15 heavy (non-hydrogen) atoms. The lowest BCUT2D eigenvalue weighted by Gasteiger charge is -2.41. The molecule has 1 heterocycles. The number of hydrogen-bond acceptors (Lipinski definition) is 2. The first-order valence-corrected chi connectivity index (χ1v) is 6.52. The van der Waals surface area contributed by atoms with Crippen molar-refractivity contribution in [2.24, 2.45) is 5.41 Å². The molecule has 1 unspecified atom stereocenters. The van der Waals surface area contributed by atoms with Crippen molar-refractivity contribution in [3.8, 4) is 0 Å². The number of aliphatic hydroxyl groups is 1. The van der Waals surface area contributed by atoms with Gasteiger partial charge in [-0.15, -0.1) is 0 Å². The van der Waals surface area contributed by atoms with Crippen LogP contribution in [0.5, 0.6) is 0 Å². The lowest BCUT2D eigenvalue weighted by atomic mass is 9.74. The monoisotopic (exact) mass is 213 g/mol. The van der Waals surface area contributed by atoms with Crippen molar-refractivity contribution in [1.29, 1.82) is 0 Å². The van der Waals surface area contributed by atoms with Crippen molar-refractivity contribution in [1.82, 2.24) is 4.90 Å². The van der Waals surface area contributed by atoms with E-state index in [4.69, 9.17) is 0 Å². The molecule has 0 saturated carbocycles. The van der Waals surface area contributed by atoms with E-state index in [-0.39, 0.29) is 6.10 Å². The molecule has 0 radical (unpaired) electrons. The third-order valence-corrected chi connectivity index (χ3v) is 4.28. The molecule has 0 amide bonds. The molecule has 0 aliphatic carbocycles. The molecule has 0 spiro atoms. The van der Waals surface area contributed by atoms with Gasteiger partial charge in [0.25, 0.3) is 0 Å². The van der Waals surface area contributed by atoms with E-state index in [0.29, 0.717) is 5.41 Å². The Kier molecular flexibility index (Phi) is 5.07. The molecule has 0 aromatic heterocycles. The van der Waals surface area contributed by atoms with E-state index >= 15 is 0 Å². The van der Waals surface area contributed by atoms with Crippen LogP contribution in [0.15, 0.2) is 0 Å². The first-order valence-electron chi connectivity index (χ1n) is 6.52. The summed E-state index contributed by atoms with van der Waals surface area (Å²) >= 11 is 0. The van der Waals surface area contributed by atoms with Gasteiger partial charge in [0.15, 0.2) is 0 Å². The van der Waals surface area contributed by atoms with Crippen LogP contribution in [0.25, 0.3) is 0 Å². The zero-order valence-corrected chi connectivity index (χ0v) is 10.6. The Morgan fingerprint density at radius 1 is 1.20 bits per heavy atom. The van der Waals surface area contributed by atoms with Crippen LogP contribution >= 0.6 is 0 Å². The predicted octanol–water partition coefficient (Wildman–Crippen LogP) is 2.66. The van der Waals surface area contributed by atoms with Gasteiger partial charge in [0.05, 0.1) is 6.10 Å². The molecule has 1 saturated heterocycles. The zero-order valence-electron chi connectivity index (χ0n) is 10.6. The van der Waals surface area contributed by atoms with Crippen LogP contribution in [0.4, 0.5) is 0 Å². The quantitative estimate of drug-likeness (QED) is 0.759. The second-order valence-corrected chi connectivity index (χ2v) is 5.19. The molecular formula is C13H27NO. The van der Waals surface area contributed by atoms with Gasteiger partial charge in [-0.2, -0.15) is 0 Å². The smallest absolute Gasteiger partial charge is 0.0524 e. The maximum atomic E-state index is 9.25. The third kappa shape index (κ3) is 3.76. The van der Waals surface area contributed by atoms with E-state index < -0.39 is 0 Å². The van der Waals surface area contributed by atoms with Crippen LogP contribution < -0.4 is 0 Å². The zero-order chi connectivity index (χ0) is 11.3. The second kappa shape index (κ2) is 5.86. The fraction of sp³-hybridized carbons (Fsp3) is 1.00. The molecule has 1 fully saturated rings. The van der Waals surface area contributed by atoms with E-state index in [1.165, 1.54) is 38.8 Å². The Balaban J connectivity index is 2.28. The van der Waals surface area contributed by atoms with Gasteiger partial charge in [-0.1, -0.05) is 26.7 Å². The van der Waals surface area contributed by atoms with Crippen LogP contribution in [0.3, 0.4) is 0 Å². The first kappa shape index (κ1) is 13.0. The van der Waals surface area contributed by atoms with Crippen molar-refractivity contribution in [2.75, 3.05) is 19.6 Å². The van der Waals surface area contributed by atoms with Crippen molar-refractivity contribution >= 4 is 0 Å². The van der Waals surface area contributed by atoms with Crippen molar-refractivity contribution in [3.63, 3.8) is 0 Å². The Hall–Kier alpha value is -0.0800. The van der Waals surface area contributed by atoms with Crippen LogP contribution in [0.1, 0.15) is 52.9 Å². The van der Waals surface area contributed by atoms with Gasteiger partial charge < -0.3 is 10.0 Å². The summed E-state index contributed by atoms with van der Waals surface area (Å²) in [4.78, 5) is 2.51. The van der Waals surface area contributed by atoms with Gasteiger partial charge in [-0.3, -0.25) is 0 Å². The number of aliphatic hydroxyl groups excluding tert-OH is 1. The minimum absolute atomic E-state index is 0.144. The Morgan fingerprint density at radius 3 is 2.13 bits per heavy atom. The first-order chi connectivity index (χ1) is 7.12. The maximum absolute atomic E-state index is 9.25. The van der Waals surface area contributed by atoms with Crippen molar-refractivity contribution < 1.29 is 5.11 Å². The fourth-order valence-electron chi connectivity index (χ4n) is 2.58. The molecule has 1 N–H and O–H groups in total. The van der Waals surface area contributed by atoms with E-state index in [1.807, 2.05) is 6.92 Å². The fourth-order valence-corrected chi connectivity index (χ4v) is 2.58. The second-order valence-electron chi connectivity index (χ2n) is 5.19. The van der Waals surface area contributed by atoms with Crippen molar-refractivity contribution in [3.05, 3.63) is 0 Å². The number of hydrogen-bond donors (Lipinski definition) is 1. The highest BCUT2D eigenvalue weighted by Gasteiger charge is 2.30. The van der Waals surface area contributed by atoms with Gasteiger partial charge >= 0.3 is 0 Å². The molecule has 2 heteroatoms. The van der Waals surface area contributed by atoms with E-state index in [0.717, 1.165) is 13.0 Å². The largest absolute Gasteiger partial charge is 0.393 e. The molecule has 2 nitrogen and oxygen atoms in total. The summed E-state index contributed by atoms with van der Waals surface area (Å²) in [7, 11) is 0. The number of rotatable bonds is 5. The summed E-state index contributed by atoms with van der Waals surface area (Å²) in [5, 5.41) is 9.25. The summed E-state index contributed by atoms with van der Waals surface area (Å²) in [6.45, 7) is 10.1. The lowest BCUT2D eigenvalue weighted by molar-refractivity contribution is 0.0815. The van der Waals surface area contributed by atoms with E-state index in [2.05, 4.69) is 18.7 Å². The summed E-state index contributed by atoms with van der Waals surface area (Å²) in [5.41, 5.74) is 0.626. The molecule has 1 aliphatic rings. The Labute approximate surface area is 94.7 Å². The van der Waals surface area contributed by atoms with E-state index in [1.54, 1.807) is 0 Å². The third-order valence-electron chi connectivity index (χ3n) is 4.28. The maximum Gasteiger partial charge on any atom is 0.0524 e. The molecule has 1 aliphatic heterocycles. The SMILES string of the molecule is CCC1(CC)CCN(CCC(C)O)CC1. The summed E-state index contributed by atoms with van der Waals surface area (Å²) in [5.74, 6) is 0. The number of piperidine rings is 1. The van der Waals surface area contributed by atoms with Gasteiger partial charge in [-0.25, -0.2) is 0 Å². The van der Waals surface area contributed by atoms with Crippen LogP contribution in [0, 0.1) is 5.41 Å². The average Bonchev–Trinajstić information content (AvgIpc) is 2.27. The molecule has 0 bridgehead atoms. The van der Waals surface area contributed by atoms with E-state index in [9.17, 15) is 5.11 Å².